The molecule has 0 spiro atoms. The molecule has 0 saturated carbocycles. The summed E-state index contributed by atoms with van der Waals surface area (Å²) >= 11 is 0. The van der Waals surface area contributed by atoms with Gasteiger partial charge in [-0.3, -0.25) is 19.3 Å². The second-order valence-corrected chi connectivity index (χ2v) is 12.2. The lowest BCUT2D eigenvalue weighted by Gasteiger charge is -2.31. The molecule has 2 aromatic rings. The van der Waals surface area contributed by atoms with Gasteiger partial charge in [-0.15, -0.1) is 0 Å². The van der Waals surface area contributed by atoms with Crippen molar-refractivity contribution in [3.8, 4) is 5.75 Å². The molecule has 0 aliphatic carbocycles. The zero-order valence-electron chi connectivity index (χ0n) is 26.6. The van der Waals surface area contributed by atoms with Crippen LogP contribution in [0.2, 0.25) is 0 Å². The van der Waals surface area contributed by atoms with Crippen LogP contribution in [0.15, 0.2) is 42.5 Å². The summed E-state index contributed by atoms with van der Waals surface area (Å²) in [6.07, 6.45) is -0.316. The fourth-order valence-electron chi connectivity index (χ4n) is 5.29. The second-order valence-electron chi connectivity index (χ2n) is 12.2. The Kier molecular flexibility index (Phi) is 11.4. The van der Waals surface area contributed by atoms with E-state index in [-0.39, 0.29) is 38.0 Å². The highest BCUT2D eigenvalue weighted by molar-refractivity contribution is 6.01. The smallest absolute Gasteiger partial charge is 0.410 e. The molecule has 2 aliphatic rings. The Morgan fingerprint density at radius 1 is 1.04 bits per heavy atom. The Morgan fingerprint density at radius 3 is 2.38 bits per heavy atom. The van der Waals surface area contributed by atoms with Crippen LogP contribution in [-0.4, -0.2) is 96.7 Å². The van der Waals surface area contributed by atoms with E-state index in [1.165, 1.54) is 12.0 Å². The predicted octanol–water partition coefficient (Wildman–Crippen LogP) is 3.10. The number of rotatable bonds is 13. The van der Waals surface area contributed by atoms with Crippen molar-refractivity contribution in [1.82, 2.24) is 14.7 Å². The van der Waals surface area contributed by atoms with E-state index in [0.717, 1.165) is 30.8 Å². The van der Waals surface area contributed by atoms with Crippen LogP contribution < -0.4 is 10.5 Å². The number of hydrogen-bond acceptors (Lipinski definition) is 9. The number of benzene rings is 2. The van der Waals surface area contributed by atoms with Gasteiger partial charge in [-0.25, -0.2) is 4.79 Å². The number of primary amides is 1. The van der Waals surface area contributed by atoms with E-state index in [4.69, 9.17) is 19.9 Å². The largest absolute Gasteiger partial charge is 0.489 e. The number of nitrogens with two attached hydrogens (primary N) is 1. The average molecular weight is 625 g/mol. The number of carbonyl (C=O) groups excluding carboxylic acids is 4. The first kappa shape index (κ1) is 33.7. The first-order valence-electron chi connectivity index (χ1n) is 15.2. The van der Waals surface area contributed by atoms with E-state index >= 15 is 0 Å². The maximum Gasteiger partial charge on any atom is 0.410 e. The number of fused-ring (bicyclic) bond motifs is 1. The molecule has 45 heavy (non-hydrogen) atoms. The quantitative estimate of drug-likeness (QED) is 0.333. The third-order valence-electron chi connectivity index (χ3n) is 7.74. The molecule has 1 atom stereocenters. The molecule has 3 amide bonds. The maximum absolute atomic E-state index is 13.2. The van der Waals surface area contributed by atoms with Gasteiger partial charge in [0.15, 0.2) is 0 Å². The number of esters is 1. The first-order valence-corrected chi connectivity index (χ1v) is 15.2. The zero-order valence-corrected chi connectivity index (χ0v) is 26.6. The average Bonchev–Trinajstić information content (AvgIpc) is 3.34. The number of hydrogen-bond donors (Lipinski definition) is 1. The van der Waals surface area contributed by atoms with Crippen LogP contribution in [0, 0.1) is 0 Å². The Balaban J connectivity index is 1.38. The van der Waals surface area contributed by atoms with E-state index in [1.54, 1.807) is 23.1 Å². The third-order valence-corrected chi connectivity index (χ3v) is 7.74. The van der Waals surface area contributed by atoms with Crippen molar-refractivity contribution in [1.29, 1.82) is 0 Å². The number of nitrogens with zero attached hydrogens (tertiary/aromatic N) is 3. The van der Waals surface area contributed by atoms with Crippen LogP contribution in [0.4, 0.5) is 4.79 Å². The third kappa shape index (κ3) is 9.41. The molecule has 12 heteroatoms. The number of amides is 3. The lowest BCUT2D eigenvalue weighted by atomic mass is 10.1. The SMILES string of the molecule is COC(=O)CCC(C(N)=O)N1Cc2c(OCc3ccc(CN(CCN4CCOCC4)C(=O)OC(C)(C)C)cc3)cccc2C1=O. The minimum atomic E-state index is -0.946. The molecule has 244 valence electrons. The number of ether oxygens (including phenoxy) is 4. The van der Waals surface area contributed by atoms with Crippen molar-refractivity contribution in [2.45, 2.75) is 65.0 Å². The Labute approximate surface area is 264 Å². The molecule has 1 fully saturated rings. The molecule has 2 aromatic carbocycles. The summed E-state index contributed by atoms with van der Waals surface area (Å²) in [7, 11) is 1.27. The Morgan fingerprint density at radius 2 is 1.73 bits per heavy atom. The predicted molar refractivity (Wildman–Crippen MR) is 165 cm³/mol. The van der Waals surface area contributed by atoms with Gasteiger partial charge in [0, 0.05) is 50.3 Å². The van der Waals surface area contributed by atoms with Gasteiger partial charge in [0.2, 0.25) is 5.91 Å². The monoisotopic (exact) mass is 624 g/mol. The van der Waals surface area contributed by atoms with Crippen LogP contribution in [0.3, 0.4) is 0 Å². The second kappa shape index (κ2) is 15.2. The van der Waals surface area contributed by atoms with E-state index in [1.807, 2.05) is 45.0 Å². The molecule has 1 unspecified atom stereocenters. The fraction of sp³-hybridized carbons (Fsp3) is 0.515. The normalized spacial score (nSPS) is 15.7. The number of morpholine rings is 1. The van der Waals surface area contributed by atoms with Crippen LogP contribution in [0.1, 0.15) is 60.7 Å². The molecule has 1 saturated heterocycles. The zero-order chi connectivity index (χ0) is 32.6. The first-order chi connectivity index (χ1) is 21.4. The van der Waals surface area contributed by atoms with Crippen molar-refractivity contribution in [2.24, 2.45) is 5.73 Å². The molecule has 2 N–H and O–H groups in total. The Bertz CT molecular complexity index is 1350. The number of carbonyl (C=O) groups is 4. The van der Waals surface area contributed by atoms with Gasteiger partial charge in [-0.1, -0.05) is 30.3 Å². The van der Waals surface area contributed by atoms with Crippen LogP contribution in [0.5, 0.6) is 5.75 Å². The summed E-state index contributed by atoms with van der Waals surface area (Å²) in [6, 6.07) is 12.1. The Hall–Kier alpha value is -4.16. The molecule has 12 nitrogen and oxygen atoms in total. The molecule has 0 radical (unpaired) electrons. The maximum atomic E-state index is 13.2. The van der Waals surface area contributed by atoms with Crippen molar-refractivity contribution in [3.63, 3.8) is 0 Å². The summed E-state index contributed by atoms with van der Waals surface area (Å²) in [5.41, 5.74) is 7.96. The number of methoxy groups -OCH3 is 1. The van der Waals surface area contributed by atoms with E-state index in [9.17, 15) is 19.2 Å². The van der Waals surface area contributed by atoms with Crippen molar-refractivity contribution < 1.29 is 38.1 Å². The van der Waals surface area contributed by atoms with Gasteiger partial charge >= 0.3 is 12.1 Å². The molecule has 0 aromatic heterocycles. The summed E-state index contributed by atoms with van der Waals surface area (Å²) in [6.45, 7) is 10.7. The lowest BCUT2D eigenvalue weighted by Crippen LogP contribution is -2.45. The van der Waals surface area contributed by atoms with Gasteiger partial charge in [0.25, 0.3) is 5.91 Å². The molecule has 0 bridgehead atoms. The summed E-state index contributed by atoms with van der Waals surface area (Å²) in [4.78, 5) is 55.4. The minimum Gasteiger partial charge on any atom is -0.489 e. The van der Waals surface area contributed by atoms with Gasteiger partial charge in [0.05, 0.1) is 26.9 Å². The van der Waals surface area contributed by atoms with Gasteiger partial charge < -0.3 is 34.5 Å². The highest BCUT2D eigenvalue weighted by Crippen LogP contribution is 2.33. The van der Waals surface area contributed by atoms with Crippen LogP contribution in [0.25, 0.3) is 0 Å². The van der Waals surface area contributed by atoms with Crippen molar-refractivity contribution in [3.05, 3.63) is 64.7 Å². The molecular weight excluding hydrogens is 580 g/mol. The summed E-state index contributed by atoms with van der Waals surface area (Å²) in [5.74, 6) is -0.973. The summed E-state index contributed by atoms with van der Waals surface area (Å²) in [5, 5.41) is 0. The lowest BCUT2D eigenvalue weighted by molar-refractivity contribution is -0.141. The van der Waals surface area contributed by atoms with Crippen molar-refractivity contribution >= 4 is 23.9 Å². The van der Waals surface area contributed by atoms with Crippen molar-refractivity contribution in [2.75, 3.05) is 46.5 Å². The van der Waals surface area contributed by atoms with Gasteiger partial charge in [-0.05, 0) is 50.5 Å². The van der Waals surface area contributed by atoms with Gasteiger partial charge in [0.1, 0.15) is 24.0 Å². The fourth-order valence-corrected chi connectivity index (χ4v) is 5.29. The summed E-state index contributed by atoms with van der Waals surface area (Å²) < 4.78 is 21.9. The van der Waals surface area contributed by atoms with E-state index in [2.05, 4.69) is 9.64 Å². The standard InChI is InChI=1S/C33H44N4O8/c1-33(2,3)45-32(41)36(15-14-35-16-18-43-19-17-35)20-23-8-10-24(11-9-23)22-44-28-7-5-6-25-26(28)21-37(31(25)40)27(30(34)39)12-13-29(38)42-4/h5-11,27H,12-22H2,1-4H3,(H2,34,39). The van der Waals surface area contributed by atoms with E-state index in [0.29, 0.717) is 43.2 Å². The minimum absolute atomic E-state index is 0.0347. The molecule has 4 rings (SSSR count). The molecule has 2 aliphatic heterocycles. The van der Waals surface area contributed by atoms with Crippen LogP contribution in [-0.2, 0) is 43.5 Å². The van der Waals surface area contributed by atoms with Gasteiger partial charge in [-0.2, -0.15) is 0 Å². The highest BCUT2D eigenvalue weighted by Gasteiger charge is 2.37. The molecular formula is C33H44N4O8. The molecule has 2 heterocycles. The van der Waals surface area contributed by atoms with E-state index < -0.39 is 23.5 Å². The topological polar surface area (TPSA) is 141 Å². The van der Waals surface area contributed by atoms with Crippen LogP contribution >= 0.6 is 0 Å². The highest BCUT2D eigenvalue weighted by atomic mass is 16.6.